The number of rotatable bonds is 3. The first-order chi connectivity index (χ1) is 8.40. The molecule has 1 aromatic carbocycles. The molecule has 1 aliphatic rings. The van der Waals surface area contributed by atoms with Crippen molar-refractivity contribution in [3.63, 3.8) is 0 Å². The van der Waals surface area contributed by atoms with E-state index in [1.807, 2.05) is 0 Å². The van der Waals surface area contributed by atoms with Crippen molar-refractivity contribution in [2.75, 3.05) is 0 Å². The van der Waals surface area contributed by atoms with Gasteiger partial charge in [-0.05, 0) is 24.3 Å². The minimum atomic E-state index is -4.20. The molecule has 1 fully saturated rings. The molecule has 2 rings (SSSR count). The summed E-state index contributed by atoms with van der Waals surface area (Å²) in [6.07, 6.45) is -0.0933. The molecule has 1 aromatic rings. The molecule has 0 spiro atoms. The van der Waals surface area contributed by atoms with E-state index in [0.29, 0.717) is 5.02 Å². The van der Waals surface area contributed by atoms with Gasteiger partial charge in [0.25, 0.3) is 11.8 Å². The Balaban J connectivity index is 2.24. The molecule has 0 atom stereocenters. The molecule has 0 unspecified atom stereocenters. The van der Waals surface area contributed by atoms with Crippen LogP contribution in [0.5, 0.6) is 0 Å². The highest BCUT2D eigenvalue weighted by Gasteiger charge is 2.34. The fourth-order valence-electron chi connectivity index (χ4n) is 1.38. The quantitative estimate of drug-likeness (QED) is 0.779. The normalized spacial score (nSPS) is 16.4. The van der Waals surface area contributed by atoms with Crippen molar-refractivity contribution in [1.29, 1.82) is 0 Å². The number of nitrogens with zero attached hydrogens (tertiary/aromatic N) is 1. The van der Waals surface area contributed by atoms with E-state index in [4.69, 9.17) is 11.6 Å². The minimum absolute atomic E-state index is 0.0467. The van der Waals surface area contributed by atoms with Gasteiger partial charge >= 0.3 is 10.1 Å². The number of carbonyl (C=O) groups is 2. The van der Waals surface area contributed by atoms with Crippen molar-refractivity contribution in [3.8, 4) is 0 Å². The van der Waals surface area contributed by atoms with Crippen molar-refractivity contribution >= 4 is 33.5 Å². The van der Waals surface area contributed by atoms with E-state index >= 15 is 0 Å². The fourth-order valence-corrected chi connectivity index (χ4v) is 2.43. The second kappa shape index (κ2) is 4.68. The second-order valence-electron chi connectivity index (χ2n) is 3.56. The van der Waals surface area contributed by atoms with E-state index in [1.165, 1.54) is 24.3 Å². The van der Waals surface area contributed by atoms with Crippen LogP contribution in [0.2, 0.25) is 5.02 Å². The third kappa shape index (κ3) is 2.53. The van der Waals surface area contributed by atoms with Gasteiger partial charge in [-0.25, -0.2) is 0 Å². The van der Waals surface area contributed by atoms with Gasteiger partial charge in [0.1, 0.15) is 0 Å². The number of carbonyl (C=O) groups excluding carboxylic acids is 2. The molecule has 1 aliphatic heterocycles. The highest BCUT2D eigenvalue weighted by Crippen LogP contribution is 2.20. The summed E-state index contributed by atoms with van der Waals surface area (Å²) in [5, 5.41) is 0.645. The van der Waals surface area contributed by atoms with Gasteiger partial charge in [0, 0.05) is 17.9 Å². The number of hydrogen-bond acceptors (Lipinski definition) is 5. The zero-order valence-corrected chi connectivity index (χ0v) is 10.6. The largest absolute Gasteiger partial charge is 0.318 e. The molecule has 8 heteroatoms. The Bertz CT molecular complexity index is 579. The summed E-state index contributed by atoms with van der Waals surface area (Å²) < 4.78 is 28.1. The zero-order chi connectivity index (χ0) is 13.3. The molecule has 1 saturated heterocycles. The summed E-state index contributed by atoms with van der Waals surface area (Å²) in [6.45, 7) is 0. The molecule has 0 aromatic heterocycles. The summed E-state index contributed by atoms with van der Waals surface area (Å²) in [5.41, 5.74) is 0. The molecule has 18 heavy (non-hydrogen) atoms. The lowest BCUT2D eigenvalue weighted by atomic mass is 10.4. The van der Waals surface area contributed by atoms with Crippen LogP contribution in [0.25, 0.3) is 0 Å². The molecule has 0 bridgehead atoms. The Morgan fingerprint density at radius 2 is 1.56 bits per heavy atom. The first-order valence-corrected chi connectivity index (χ1v) is 6.75. The van der Waals surface area contributed by atoms with Crippen molar-refractivity contribution in [3.05, 3.63) is 29.3 Å². The van der Waals surface area contributed by atoms with Crippen molar-refractivity contribution in [2.24, 2.45) is 0 Å². The summed E-state index contributed by atoms with van der Waals surface area (Å²) in [7, 11) is -4.20. The van der Waals surface area contributed by atoms with Crippen LogP contribution in [0.1, 0.15) is 12.8 Å². The lowest BCUT2D eigenvalue weighted by molar-refractivity contribution is -0.163. The SMILES string of the molecule is O=C1CCC(=O)N1OS(=O)(=O)c1ccc(Cl)cc1. The van der Waals surface area contributed by atoms with Gasteiger partial charge in [0.15, 0.2) is 0 Å². The molecular weight excluding hydrogens is 282 g/mol. The van der Waals surface area contributed by atoms with Crippen LogP contribution in [0.15, 0.2) is 29.2 Å². The first kappa shape index (κ1) is 13.0. The van der Waals surface area contributed by atoms with Crippen LogP contribution >= 0.6 is 11.6 Å². The Labute approximate surface area is 108 Å². The lowest BCUT2D eigenvalue weighted by Crippen LogP contribution is -2.32. The molecule has 1 heterocycles. The molecule has 6 nitrogen and oxygen atoms in total. The Hall–Kier alpha value is -1.44. The van der Waals surface area contributed by atoms with Crippen molar-refractivity contribution in [1.82, 2.24) is 5.06 Å². The standard InChI is InChI=1S/C10H8ClNO5S/c11-7-1-3-8(4-2-7)18(15,16)17-12-9(13)5-6-10(12)14/h1-4H,5-6H2. The highest BCUT2D eigenvalue weighted by atomic mass is 35.5. The topological polar surface area (TPSA) is 80.8 Å². The lowest BCUT2D eigenvalue weighted by Gasteiger charge is -2.12. The molecule has 0 saturated carbocycles. The predicted molar refractivity (Wildman–Crippen MR) is 60.8 cm³/mol. The molecule has 0 N–H and O–H groups in total. The minimum Gasteiger partial charge on any atom is -0.272 e. The van der Waals surface area contributed by atoms with Crippen LogP contribution in [0.4, 0.5) is 0 Å². The average molecular weight is 290 g/mol. The first-order valence-electron chi connectivity index (χ1n) is 4.96. The van der Waals surface area contributed by atoms with Crippen LogP contribution in [-0.4, -0.2) is 25.3 Å². The molecule has 2 amide bonds. The van der Waals surface area contributed by atoms with E-state index in [9.17, 15) is 18.0 Å². The third-order valence-corrected chi connectivity index (χ3v) is 3.73. The average Bonchev–Trinajstić information content (AvgIpc) is 2.61. The molecule has 96 valence electrons. The summed E-state index contributed by atoms with van der Waals surface area (Å²) >= 11 is 5.62. The maximum absolute atomic E-state index is 11.8. The monoisotopic (exact) mass is 289 g/mol. The van der Waals surface area contributed by atoms with Crippen LogP contribution < -0.4 is 0 Å². The van der Waals surface area contributed by atoms with Crippen molar-refractivity contribution < 1.29 is 22.3 Å². The van der Waals surface area contributed by atoms with Crippen LogP contribution in [-0.2, 0) is 24.0 Å². The number of imide groups is 1. The summed E-state index contributed by atoms with van der Waals surface area (Å²) in [6, 6.07) is 5.18. The smallest absolute Gasteiger partial charge is 0.272 e. The van der Waals surface area contributed by atoms with Gasteiger partial charge in [-0.15, -0.1) is 9.35 Å². The van der Waals surface area contributed by atoms with E-state index < -0.39 is 21.9 Å². The van der Waals surface area contributed by atoms with E-state index in [-0.39, 0.29) is 22.8 Å². The molecule has 0 radical (unpaired) electrons. The number of hydroxylamine groups is 2. The van der Waals surface area contributed by atoms with E-state index in [2.05, 4.69) is 4.28 Å². The van der Waals surface area contributed by atoms with Gasteiger partial charge in [0.2, 0.25) is 0 Å². The predicted octanol–water partition coefficient (Wildman–Crippen LogP) is 1.11. The Morgan fingerprint density at radius 3 is 2.06 bits per heavy atom. The van der Waals surface area contributed by atoms with Crippen LogP contribution in [0.3, 0.4) is 0 Å². The number of halogens is 1. The number of benzene rings is 1. The summed E-state index contributed by atoms with van der Waals surface area (Å²) in [5.74, 6) is -1.34. The Morgan fingerprint density at radius 1 is 1.06 bits per heavy atom. The number of amides is 2. The summed E-state index contributed by atoms with van der Waals surface area (Å²) in [4.78, 5) is 22.3. The second-order valence-corrected chi connectivity index (χ2v) is 5.53. The van der Waals surface area contributed by atoms with Crippen LogP contribution in [0, 0.1) is 0 Å². The van der Waals surface area contributed by atoms with Crippen molar-refractivity contribution in [2.45, 2.75) is 17.7 Å². The molecule has 0 aliphatic carbocycles. The highest BCUT2D eigenvalue weighted by molar-refractivity contribution is 7.86. The zero-order valence-electron chi connectivity index (χ0n) is 9.00. The molecular formula is C10H8ClNO5S. The van der Waals surface area contributed by atoms with Gasteiger partial charge in [-0.2, -0.15) is 8.42 Å². The fraction of sp³-hybridized carbons (Fsp3) is 0.200. The van der Waals surface area contributed by atoms with Gasteiger partial charge in [0.05, 0.1) is 4.90 Å². The van der Waals surface area contributed by atoms with Gasteiger partial charge in [-0.1, -0.05) is 11.6 Å². The van der Waals surface area contributed by atoms with E-state index in [0.717, 1.165) is 0 Å². The van der Waals surface area contributed by atoms with Gasteiger partial charge in [-0.3, -0.25) is 9.59 Å². The third-order valence-electron chi connectivity index (χ3n) is 2.28. The maximum Gasteiger partial charge on any atom is 0.318 e. The Kier molecular flexibility index (Phi) is 3.38. The van der Waals surface area contributed by atoms with Gasteiger partial charge < -0.3 is 0 Å². The van der Waals surface area contributed by atoms with E-state index in [1.54, 1.807) is 0 Å². The maximum atomic E-state index is 11.8. The number of hydrogen-bond donors (Lipinski definition) is 0.